The summed E-state index contributed by atoms with van der Waals surface area (Å²) in [5, 5.41) is 0. The Morgan fingerprint density at radius 2 is 2.12 bits per heavy atom. The van der Waals surface area contributed by atoms with Gasteiger partial charge in [-0.3, -0.25) is 4.90 Å². The monoisotopic (exact) mass is 226 g/mol. The maximum Gasteiger partial charge on any atom is 0.163 e. The van der Waals surface area contributed by atoms with Crippen LogP contribution in [0.3, 0.4) is 0 Å². The number of halogens is 2. The minimum atomic E-state index is -0.805. The SMILES string of the molecule is CN(C1CC1)C(CN)c1cccc(F)c1F. The summed E-state index contributed by atoms with van der Waals surface area (Å²) in [6, 6.07) is 4.49. The van der Waals surface area contributed by atoms with Crippen molar-refractivity contribution < 1.29 is 8.78 Å². The quantitative estimate of drug-likeness (QED) is 0.851. The van der Waals surface area contributed by atoms with Crippen molar-refractivity contribution in [3.8, 4) is 0 Å². The van der Waals surface area contributed by atoms with Crippen LogP contribution >= 0.6 is 0 Å². The van der Waals surface area contributed by atoms with Gasteiger partial charge in [0.15, 0.2) is 11.6 Å². The molecule has 1 unspecified atom stereocenters. The largest absolute Gasteiger partial charge is 0.329 e. The first-order chi connectivity index (χ1) is 7.65. The molecule has 1 fully saturated rings. The van der Waals surface area contributed by atoms with Gasteiger partial charge in [-0.2, -0.15) is 0 Å². The third kappa shape index (κ3) is 2.08. The molecule has 0 aromatic heterocycles. The summed E-state index contributed by atoms with van der Waals surface area (Å²) in [7, 11) is 1.92. The Labute approximate surface area is 94.0 Å². The van der Waals surface area contributed by atoms with Gasteiger partial charge in [0.05, 0.1) is 0 Å². The molecule has 88 valence electrons. The number of hydrogen-bond donors (Lipinski definition) is 1. The smallest absolute Gasteiger partial charge is 0.163 e. The summed E-state index contributed by atoms with van der Waals surface area (Å²) in [5.74, 6) is -1.58. The third-order valence-electron chi connectivity index (χ3n) is 3.18. The molecule has 0 aliphatic heterocycles. The van der Waals surface area contributed by atoms with Gasteiger partial charge in [-0.05, 0) is 26.0 Å². The standard InChI is InChI=1S/C12H16F2N2/c1-16(8-5-6-8)11(7-15)9-3-2-4-10(13)12(9)14/h2-4,8,11H,5-7,15H2,1H3. The molecule has 0 bridgehead atoms. The molecule has 0 radical (unpaired) electrons. The minimum Gasteiger partial charge on any atom is -0.329 e. The average molecular weight is 226 g/mol. The van der Waals surface area contributed by atoms with Crippen molar-refractivity contribution in [1.82, 2.24) is 4.90 Å². The van der Waals surface area contributed by atoms with E-state index in [9.17, 15) is 8.78 Å². The van der Waals surface area contributed by atoms with Crippen molar-refractivity contribution in [3.05, 3.63) is 35.4 Å². The normalized spacial score (nSPS) is 17.8. The molecular formula is C12H16F2N2. The molecule has 1 atom stereocenters. The Balaban J connectivity index is 2.28. The lowest BCUT2D eigenvalue weighted by Crippen LogP contribution is -2.33. The van der Waals surface area contributed by atoms with E-state index >= 15 is 0 Å². The molecule has 1 aliphatic rings. The van der Waals surface area contributed by atoms with Crippen LogP contribution in [0.15, 0.2) is 18.2 Å². The van der Waals surface area contributed by atoms with Crippen molar-refractivity contribution in [2.75, 3.05) is 13.6 Å². The molecule has 2 nitrogen and oxygen atoms in total. The number of benzene rings is 1. The molecule has 0 heterocycles. The molecule has 1 aromatic rings. The number of likely N-dealkylation sites (N-methyl/N-ethyl adjacent to an activating group) is 1. The van der Waals surface area contributed by atoms with E-state index in [1.54, 1.807) is 6.07 Å². The van der Waals surface area contributed by atoms with E-state index in [4.69, 9.17) is 5.73 Å². The number of nitrogens with zero attached hydrogens (tertiary/aromatic N) is 1. The predicted octanol–water partition coefficient (Wildman–Crippen LogP) is 2.06. The van der Waals surface area contributed by atoms with Crippen molar-refractivity contribution in [2.45, 2.75) is 24.9 Å². The van der Waals surface area contributed by atoms with Crippen LogP contribution in [0.4, 0.5) is 8.78 Å². The highest BCUT2D eigenvalue weighted by atomic mass is 19.2. The molecule has 1 aliphatic carbocycles. The second-order valence-corrected chi connectivity index (χ2v) is 4.29. The number of rotatable bonds is 4. The molecule has 16 heavy (non-hydrogen) atoms. The molecule has 1 saturated carbocycles. The zero-order valence-corrected chi connectivity index (χ0v) is 9.29. The molecule has 1 aromatic carbocycles. The zero-order chi connectivity index (χ0) is 11.7. The summed E-state index contributed by atoms with van der Waals surface area (Å²) in [5.41, 5.74) is 6.02. The third-order valence-corrected chi connectivity index (χ3v) is 3.18. The van der Waals surface area contributed by atoms with E-state index in [1.807, 2.05) is 11.9 Å². The number of nitrogens with two attached hydrogens (primary N) is 1. The Hall–Kier alpha value is -1.00. The van der Waals surface area contributed by atoms with Crippen LogP contribution in [0.1, 0.15) is 24.4 Å². The predicted molar refractivity (Wildman–Crippen MR) is 58.9 cm³/mol. The van der Waals surface area contributed by atoms with Gasteiger partial charge in [0.25, 0.3) is 0 Å². The molecule has 0 saturated heterocycles. The van der Waals surface area contributed by atoms with Crippen LogP contribution < -0.4 is 5.73 Å². The second-order valence-electron chi connectivity index (χ2n) is 4.29. The summed E-state index contributed by atoms with van der Waals surface area (Å²) in [6.45, 7) is 0.299. The fourth-order valence-corrected chi connectivity index (χ4v) is 2.03. The van der Waals surface area contributed by atoms with E-state index in [2.05, 4.69) is 0 Å². The van der Waals surface area contributed by atoms with E-state index < -0.39 is 11.6 Å². The van der Waals surface area contributed by atoms with E-state index in [-0.39, 0.29) is 6.04 Å². The molecule has 0 spiro atoms. The zero-order valence-electron chi connectivity index (χ0n) is 9.29. The van der Waals surface area contributed by atoms with Crippen molar-refractivity contribution >= 4 is 0 Å². The first-order valence-corrected chi connectivity index (χ1v) is 5.51. The van der Waals surface area contributed by atoms with Crippen LogP contribution in [-0.2, 0) is 0 Å². The van der Waals surface area contributed by atoms with Gasteiger partial charge in [0.1, 0.15) is 0 Å². The maximum atomic E-state index is 13.6. The van der Waals surface area contributed by atoms with Gasteiger partial charge >= 0.3 is 0 Å². The Morgan fingerprint density at radius 3 is 2.69 bits per heavy atom. The fraction of sp³-hybridized carbons (Fsp3) is 0.500. The van der Waals surface area contributed by atoms with Gasteiger partial charge in [-0.15, -0.1) is 0 Å². The first kappa shape index (κ1) is 11.5. The van der Waals surface area contributed by atoms with E-state index in [0.29, 0.717) is 18.2 Å². The fourth-order valence-electron chi connectivity index (χ4n) is 2.03. The van der Waals surface area contributed by atoms with Crippen LogP contribution in [-0.4, -0.2) is 24.5 Å². The van der Waals surface area contributed by atoms with Crippen LogP contribution in [0, 0.1) is 11.6 Å². The lowest BCUT2D eigenvalue weighted by molar-refractivity contribution is 0.233. The van der Waals surface area contributed by atoms with Crippen molar-refractivity contribution in [1.29, 1.82) is 0 Å². The topological polar surface area (TPSA) is 29.3 Å². The second kappa shape index (κ2) is 4.47. The maximum absolute atomic E-state index is 13.6. The lowest BCUT2D eigenvalue weighted by Gasteiger charge is -2.27. The van der Waals surface area contributed by atoms with Crippen LogP contribution in [0.5, 0.6) is 0 Å². The van der Waals surface area contributed by atoms with E-state index in [1.165, 1.54) is 6.07 Å². The van der Waals surface area contributed by atoms with Gasteiger partial charge in [-0.1, -0.05) is 12.1 Å². The highest BCUT2D eigenvalue weighted by Gasteiger charge is 2.32. The molecule has 0 amide bonds. The van der Waals surface area contributed by atoms with Crippen LogP contribution in [0.2, 0.25) is 0 Å². The summed E-state index contributed by atoms with van der Waals surface area (Å²) >= 11 is 0. The van der Waals surface area contributed by atoms with E-state index in [0.717, 1.165) is 18.9 Å². The highest BCUT2D eigenvalue weighted by Crippen LogP contribution is 2.33. The van der Waals surface area contributed by atoms with Gasteiger partial charge in [0.2, 0.25) is 0 Å². The highest BCUT2D eigenvalue weighted by molar-refractivity contribution is 5.23. The average Bonchev–Trinajstić information content (AvgIpc) is 3.08. The molecule has 4 heteroatoms. The Bertz CT molecular complexity index is 377. The lowest BCUT2D eigenvalue weighted by atomic mass is 10.0. The number of hydrogen-bond acceptors (Lipinski definition) is 2. The van der Waals surface area contributed by atoms with Crippen LogP contribution in [0.25, 0.3) is 0 Å². The van der Waals surface area contributed by atoms with Gasteiger partial charge < -0.3 is 5.73 Å². The van der Waals surface area contributed by atoms with Crippen molar-refractivity contribution in [3.63, 3.8) is 0 Å². The summed E-state index contributed by atoms with van der Waals surface area (Å²) in [6.07, 6.45) is 2.23. The van der Waals surface area contributed by atoms with Gasteiger partial charge in [-0.25, -0.2) is 8.78 Å². The minimum absolute atomic E-state index is 0.233. The Morgan fingerprint density at radius 1 is 1.44 bits per heavy atom. The molecular weight excluding hydrogens is 210 g/mol. The van der Waals surface area contributed by atoms with Crippen molar-refractivity contribution in [2.24, 2.45) is 5.73 Å². The Kier molecular flexibility index (Phi) is 3.21. The summed E-state index contributed by atoms with van der Waals surface area (Å²) in [4.78, 5) is 2.04. The molecule has 2 rings (SSSR count). The summed E-state index contributed by atoms with van der Waals surface area (Å²) < 4.78 is 26.7. The first-order valence-electron chi connectivity index (χ1n) is 5.51. The molecule has 2 N–H and O–H groups in total. The van der Waals surface area contributed by atoms with Gasteiger partial charge in [0, 0.05) is 24.2 Å².